The fraction of sp³-hybridized carbons (Fsp3) is 0. The Labute approximate surface area is 367 Å². The van der Waals surface area contributed by atoms with Gasteiger partial charge in [-0.2, -0.15) is 0 Å². The van der Waals surface area contributed by atoms with Gasteiger partial charge in [-0.25, -0.2) is 15.0 Å². The van der Waals surface area contributed by atoms with E-state index in [0.29, 0.717) is 42.9 Å². The Balaban J connectivity index is 1.31. The number of benzene rings is 7. The number of aromatic nitrogens is 3. The molecular formula is C45H18B11N3S. The first kappa shape index (κ1) is 39.9. The topological polar surface area (TPSA) is 38.7 Å². The lowest BCUT2D eigenvalue weighted by Gasteiger charge is -2.25. The van der Waals surface area contributed by atoms with Crippen molar-refractivity contribution in [1.82, 2.24) is 15.0 Å². The van der Waals surface area contributed by atoms with Crippen LogP contribution in [0.25, 0.3) is 87.7 Å². The van der Waals surface area contributed by atoms with Crippen LogP contribution in [0.4, 0.5) is 0 Å². The average molecular weight is 752 g/mol. The zero-order valence-electron chi connectivity index (χ0n) is 32.0. The number of hydrogen-bond donors (Lipinski definition) is 0. The second kappa shape index (κ2) is 15.5. The molecule has 0 aliphatic heterocycles. The highest BCUT2D eigenvalue weighted by Gasteiger charge is 2.26. The SMILES string of the molecule is [B]c1c([B])c([B])c(-c2c([B])c([B])c([B])c3sc4c([B])c(-c5nc(-c6ccc(-c7ccccc7)cc6)nc(-c6cccc(-c7ccccc7)c6)n5)c([B])c([B])c4c23)c([B])c1[B]. The molecule has 22 radical (unpaired) electrons. The first-order valence-corrected chi connectivity index (χ1v) is 19.5. The lowest BCUT2D eigenvalue weighted by Crippen LogP contribution is -2.56. The summed E-state index contributed by atoms with van der Waals surface area (Å²) in [5.74, 6) is 0.989. The van der Waals surface area contributed by atoms with Gasteiger partial charge in [-0.1, -0.05) is 141 Å². The normalized spacial score (nSPS) is 11.4. The molecule has 0 aliphatic carbocycles. The van der Waals surface area contributed by atoms with E-state index in [-0.39, 0.29) is 71.5 Å². The first-order chi connectivity index (χ1) is 28.8. The maximum atomic E-state index is 7.15. The minimum Gasteiger partial charge on any atom is -0.208 e. The molecule has 0 spiro atoms. The summed E-state index contributed by atoms with van der Waals surface area (Å²) in [5, 5.41) is 0.897. The van der Waals surface area contributed by atoms with Gasteiger partial charge in [0.05, 0.1) is 0 Å². The molecule has 9 aromatic rings. The van der Waals surface area contributed by atoms with Crippen molar-refractivity contribution in [1.29, 1.82) is 0 Å². The van der Waals surface area contributed by atoms with Crippen LogP contribution < -0.4 is 60.1 Å². The highest BCUT2D eigenvalue weighted by Crippen LogP contribution is 2.37. The molecule has 2 heterocycles. The van der Waals surface area contributed by atoms with Gasteiger partial charge in [0.25, 0.3) is 0 Å². The Morgan fingerprint density at radius 3 is 1.32 bits per heavy atom. The molecule has 60 heavy (non-hydrogen) atoms. The quantitative estimate of drug-likeness (QED) is 0.205. The number of rotatable bonds is 6. The van der Waals surface area contributed by atoms with Crippen molar-refractivity contribution >= 4 is 178 Å². The third-order valence-electron chi connectivity index (χ3n) is 10.9. The van der Waals surface area contributed by atoms with E-state index < -0.39 is 0 Å². The Hall–Kier alpha value is -5.52. The molecule has 0 amide bonds. The van der Waals surface area contributed by atoms with Crippen molar-refractivity contribution in [3.8, 4) is 67.5 Å². The maximum Gasteiger partial charge on any atom is 0.164 e. The van der Waals surface area contributed by atoms with E-state index in [2.05, 4.69) is 12.1 Å². The van der Waals surface area contributed by atoms with E-state index in [1.807, 2.05) is 97.1 Å². The molecule has 7 aromatic carbocycles. The third-order valence-corrected chi connectivity index (χ3v) is 12.1. The van der Waals surface area contributed by atoms with Crippen molar-refractivity contribution in [2.75, 3.05) is 0 Å². The molecule has 0 bridgehead atoms. The predicted molar refractivity (Wildman–Crippen MR) is 265 cm³/mol. The molecule has 2 aromatic heterocycles. The van der Waals surface area contributed by atoms with Crippen molar-refractivity contribution in [2.24, 2.45) is 0 Å². The molecule has 252 valence electrons. The van der Waals surface area contributed by atoms with Gasteiger partial charge >= 0.3 is 0 Å². The lowest BCUT2D eigenvalue weighted by molar-refractivity contribution is 1.08. The molecule has 0 N–H and O–H groups in total. The highest BCUT2D eigenvalue weighted by molar-refractivity contribution is 7.28. The van der Waals surface area contributed by atoms with E-state index in [1.54, 1.807) is 0 Å². The monoisotopic (exact) mass is 753 g/mol. The molecule has 0 atom stereocenters. The Kier molecular flexibility index (Phi) is 10.3. The standard InChI is InChI=1S/C45H18B11N3S/c46-30-25(27-31(47)36(52)39(55)37(53)32(27)48)26-28-33(49)34(50)29(35(51)42(28)60-41(26)40(56)38(30)54)45-58-43(22-16-14-21(15-17-22)19-8-3-1-4-9-19)57-44(59-45)24-13-7-12-23(18-24)20-10-5-2-6-11-20/h1-18H. The fourth-order valence-electron chi connectivity index (χ4n) is 7.65. The summed E-state index contributed by atoms with van der Waals surface area (Å²) in [7, 11) is 73.1. The molecule has 0 saturated carbocycles. The smallest absolute Gasteiger partial charge is 0.164 e. The van der Waals surface area contributed by atoms with Gasteiger partial charge in [0, 0.05) is 31.5 Å². The van der Waals surface area contributed by atoms with E-state index in [1.165, 1.54) is 11.3 Å². The van der Waals surface area contributed by atoms with Gasteiger partial charge in [0.1, 0.15) is 86.3 Å². The zero-order chi connectivity index (χ0) is 42.1. The Morgan fingerprint density at radius 2 is 0.700 bits per heavy atom. The first-order valence-electron chi connectivity index (χ1n) is 18.6. The molecule has 15 heteroatoms. The van der Waals surface area contributed by atoms with Crippen LogP contribution in [0.3, 0.4) is 0 Å². The number of hydrogen-bond acceptors (Lipinski definition) is 4. The van der Waals surface area contributed by atoms with Gasteiger partial charge in [0.2, 0.25) is 0 Å². The summed E-state index contributed by atoms with van der Waals surface area (Å²) in [4.78, 5) is 15.0. The highest BCUT2D eigenvalue weighted by atomic mass is 32.1. The van der Waals surface area contributed by atoms with Crippen molar-refractivity contribution in [3.63, 3.8) is 0 Å². The molecule has 0 unspecified atom stereocenters. The van der Waals surface area contributed by atoms with Crippen LogP contribution in [0.2, 0.25) is 0 Å². The van der Waals surface area contributed by atoms with Crippen LogP contribution in [-0.2, 0) is 0 Å². The molecule has 9 rings (SSSR count). The number of fused-ring (bicyclic) bond motifs is 3. The summed E-state index contributed by atoms with van der Waals surface area (Å²) >= 11 is 1.24. The van der Waals surface area contributed by atoms with Crippen molar-refractivity contribution in [2.45, 2.75) is 0 Å². The average Bonchev–Trinajstić information content (AvgIpc) is 3.69. The van der Waals surface area contributed by atoms with Crippen molar-refractivity contribution in [3.05, 3.63) is 109 Å². The van der Waals surface area contributed by atoms with Crippen LogP contribution in [-0.4, -0.2) is 101 Å². The minimum absolute atomic E-state index is 0.0268. The summed E-state index contributed by atoms with van der Waals surface area (Å²) in [6.07, 6.45) is 0. The zero-order valence-corrected chi connectivity index (χ0v) is 32.8. The molecule has 0 saturated heterocycles. The predicted octanol–water partition coefficient (Wildman–Crippen LogP) is -1.03. The summed E-state index contributed by atoms with van der Waals surface area (Å²) < 4.78 is 1.02. The Morgan fingerprint density at radius 1 is 0.283 bits per heavy atom. The van der Waals surface area contributed by atoms with Crippen LogP contribution in [0, 0.1) is 0 Å². The van der Waals surface area contributed by atoms with Crippen LogP contribution in [0.1, 0.15) is 0 Å². The lowest BCUT2D eigenvalue weighted by atomic mass is 9.58. The van der Waals surface area contributed by atoms with Crippen molar-refractivity contribution < 1.29 is 0 Å². The van der Waals surface area contributed by atoms with E-state index in [9.17, 15) is 0 Å². The largest absolute Gasteiger partial charge is 0.208 e. The van der Waals surface area contributed by atoms with Crippen LogP contribution >= 0.6 is 11.3 Å². The van der Waals surface area contributed by atoms with E-state index in [4.69, 9.17) is 101 Å². The summed E-state index contributed by atoms with van der Waals surface area (Å²) in [6.45, 7) is 0. The molecule has 3 nitrogen and oxygen atoms in total. The van der Waals surface area contributed by atoms with Gasteiger partial charge in [-0.3, -0.25) is 0 Å². The number of thiophene rings is 1. The third kappa shape index (κ3) is 6.48. The second-order valence-corrected chi connectivity index (χ2v) is 15.4. The molecule has 0 aliphatic rings. The summed E-state index contributed by atoms with van der Waals surface area (Å²) in [6, 6.07) is 36.1. The van der Waals surface area contributed by atoms with E-state index in [0.717, 1.165) is 33.4 Å². The van der Waals surface area contributed by atoms with Gasteiger partial charge in [0.15, 0.2) is 17.5 Å². The van der Waals surface area contributed by atoms with E-state index >= 15 is 0 Å². The van der Waals surface area contributed by atoms with Gasteiger partial charge < -0.3 is 0 Å². The minimum atomic E-state index is 0.0268. The maximum absolute atomic E-state index is 7.15. The van der Waals surface area contributed by atoms with Crippen LogP contribution in [0.15, 0.2) is 109 Å². The van der Waals surface area contributed by atoms with Crippen LogP contribution in [0.5, 0.6) is 0 Å². The number of nitrogens with zero attached hydrogens (tertiary/aromatic N) is 3. The Bertz CT molecular complexity index is 3180. The fourth-order valence-corrected chi connectivity index (χ4v) is 8.90. The summed E-state index contributed by atoms with van der Waals surface area (Å²) in [5.41, 5.74) is 7.48. The van der Waals surface area contributed by atoms with Gasteiger partial charge in [-0.05, 0) is 44.8 Å². The molecular weight excluding hydrogens is 734 g/mol. The molecule has 0 fully saturated rings. The second-order valence-electron chi connectivity index (χ2n) is 14.4. The van der Waals surface area contributed by atoms with Gasteiger partial charge in [-0.15, -0.1) is 33.2 Å².